The fourth-order valence-corrected chi connectivity index (χ4v) is 3.78. The molecule has 0 atom stereocenters. The molecule has 0 N–H and O–H groups in total. The summed E-state index contributed by atoms with van der Waals surface area (Å²) in [7, 11) is -1.45. The molecule has 2 heterocycles. The fraction of sp³-hybridized carbons (Fsp3) is 0.842. The summed E-state index contributed by atoms with van der Waals surface area (Å²) >= 11 is 0. The molecule has 1 aromatic rings. The lowest BCUT2D eigenvalue weighted by molar-refractivity contribution is 0.00578. The molecule has 2 fully saturated rings. The number of rotatable bonds is 8. The Bertz CT molecular complexity index is 619. The second-order valence-corrected chi connectivity index (χ2v) is 15.8. The number of hydrogen-bond acceptors (Lipinski definition) is 4. The van der Waals surface area contributed by atoms with Crippen molar-refractivity contribution in [3.8, 4) is 0 Å². The van der Waals surface area contributed by atoms with Crippen molar-refractivity contribution in [2.75, 3.05) is 6.61 Å². The van der Waals surface area contributed by atoms with Gasteiger partial charge in [0.1, 0.15) is 6.73 Å². The van der Waals surface area contributed by atoms with Crippen molar-refractivity contribution < 1.29 is 14.0 Å². The van der Waals surface area contributed by atoms with Gasteiger partial charge in [0.15, 0.2) is 0 Å². The summed E-state index contributed by atoms with van der Waals surface area (Å²) in [6.07, 6.45) is 5.84. The standard InChI is InChI=1S/C19H35BN2O3Si/c1-18(2)19(3,4)25-20(24-18)17-16(12-15-8-9-15)13-22(21-17)14-23-10-11-26(5,6)7/h13,15H,8-12,14H2,1-7H3. The first kappa shape index (κ1) is 20.1. The van der Waals surface area contributed by atoms with Crippen molar-refractivity contribution in [1.82, 2.24) is 9.78 Å². The van der Waals surface area contributed by atoms with Gasteiger partial charge in [-0.2, -0.15) is 5.10 Å². The number of aromatic nitrogens is 2. The molecule has 26 heavy (non-hydrogen) atoms. The van der Waals surface area contributed by atoms with E-state index in [1.54, 1.807) is 0 Å². The summed E-state index contributed by atoms with van der Waals surface area (Å²) in [6, 6.07) is 1.17. The molecule has 1 saturated heterocycles. The average molecular weight is 378 g/mol. The molecule has 1 aliphatic heterocycles. The highest BCUT2D eigenvalue weighted by Gasteiger charge is 2.53. The van der Waals surface area contributed by atoms with Crippen LogP contribution in [-0.4, -0.2) is 42.8 Å². The zero-order chi connectivity index (χ0) is 19.2. The van der Waals surface area contributed by atoms with Crippen LogP contribution in [0.1, 0.15) is 46.1 Å². The predicted octanol–water partition coefficient (Wildman–Crippen LogP) is 3.45. The molecule has 2 aliphatic rings. The SMILES string of the molecule is CC1(C)OB(c2nn(COCC[Si](C)(C)C)cc2CC2CC2)OC1(C)C. The van der Waals surface area contributed by atoms with E-state index in [9.17, 15) is 0 Å². The van der Waals surface area contributed by atoms with Crippen LogP contribution in [0.25, 0.3) is 0 Å². The third kappa shape index (κ3) is 4.80. The maximum atomic E-state index is 6.24. The zero-order valence-corrected chi connectivity index (χ0v) is 18.6. The normalized spacial score (nSPS) is 22.2. The van der Waals surface area contributed by atoms with Gasteiger partial charge in [-0.25, -0.2) is 4.68 Å². The molecule has 0 aromatic carbocycles. The molecule has 0 radical (unpaired) electrons. The van der Waals surface area contributed by atoms with E-state index in [0.29, 0.717) is 6.73 Å². The zero-order valence-electron chi connectivity index (χ0n) is 17.6. The van der Waals surface area contributed by atoms with E-state index in [-0.39, 0.29) is 11.2 Å². The van der Waals surface area contributed by atoms with Crippen molar-refractivity contribution in [2.45, 2.75) is 90.6 Å². The maximum absolute atomic E-state index is 6.24. The van der Waals surface area contributed by atoms with Crippen LogP contribution >= 0.6 is 0 Å². The molecule has 0 spiro atoms. The molecule has 3 rings (SSSR count). The molecular weight excluding hydrogens is 343 g/mol. The smallest absolute Gasteiger partial charge is 0.398 e. The Morgan fingerprint density at radius 3 is 2.35 bits per heavy atom. The lowest BCUT2D eigenvalue weighted by atomic mass is 9.81. The maximum Gasteiger partial charge on any atom is 0.516 e. The minimum absolute atomic E-state index is 0.341. The first-order valence-electron chi connectivity index (χ1n) is 9.96. The van der Waals surface area contributed by atoms with Crippen molar-refractivity contribution >= 4 is 20.8 Å². The Morgan fingerprint density at radius 1 is 1.19 bits per heavy atom. The Kier molecular flexibility index (Phi) is 5.48. The van der Waals surface area contributed by atoms with Gasteiger partial charge in [0.25, 0.3) is 0 Å². The van der Waals surface area contributed by atoms with Crippen LogP contribution < -0.4 is 5.59 Å². The van der Waals surface area contributed by atoms with E-state index in [4.69, 9.17) is 19.1 Å². The van der Waals surface area contributed by atoms with Crippen molar-refractivity contribution in [1.29, 1.82) is 0 Å². The van der Waals surface area contributed by atoms with Gasteiger partial charge in [0, 0.05) is 20.9 Å². The van der Waals surface area contributed by atoms with E-state index in [1.807, 2.05) is 4.68 Å². The summed E-state index contributed by atoms with van der Waals surface area (Å²) < 4.78 is 20.3. The lowest BCUT2D eigenvalue weighted by Gasteiger charge is -2.32. The van der Waals surface area contributed by atoms with Crippen LogP contribution in [0.4, 0.5) is 0 Å². The van der Waals surface area contributed by atoms with E-state index < -0.39 is 15.2 Å². The van der Waals surface area contributed by atoms with Crippen molar-refractivity contribution in [3.05, 3.63) is 11.8 Å². The predicted molar refractivity (Wildman–Crippen MR) is 108 cm³/mol. The van der Waals surface area contributed by atoms with Crippen molar-refractivity contribution in [3.63, 3.8) is 0 Å². The van der Waals surface area contributed by atoms with E-state index in [1.165, 1.54) is 24.4 Å². The highest BCUT2D eigenvalue weighted by molar-refractivity contribution is 6.76. The summed E-state index contributed by atoms with van der Waals surface area (Å²) in [4.78, 5) is 0. The molecule has 0 bridgehead atoms. The topological polar surface area (TPSA) is 45.5 Å². The van der Waals surface area contributed by atoms with Gasteiger partial charge in [-0.3, -0.25) is 0 Å². The van der Waals surface area contributed by atoms with Crippen LogP contribution in [-0.2, 0) is 27.2 Å². The van der Waals surface area contributed by atoms with Crippen LogP contribution in [0.3, 0.4) is 0 Å². The van der Waals surface area contributed by atoms with Gasteiger partial charge >= 0.3 is 7.12 Å². The van der Waals surface area contributed by atoms with Crippen LogP contribution in [0.15, 0.2) is 6.20 Å². The molecule has 1 aromatic heterocycles. The minimum Gasteiger partial charge on any atom is -0.398 e. The number of nitrogens with zero attached hydrogens (tertiary/aromatic N) is 2. The molecule has 7 heteroatoms. The summed E-state index contributed by atoms with van der Waals surface area (Å²) in [5.74, 6) is 0.793. The van der Waals surface area contributed by atoms with Gasteiger partial charge < -0.3 is 14.0 Å². The quantitative estimate of drug-likeness (QED) is 0.514. The second-order valence-electron chi connectivity index (χ2n) is 10.2. The Labute approximate surface area is 159 Å². The van der Waals surface area contributed by atoms with Crippen LogP contribution in [0.5, 0.6) is 0 Å². The molecular formula is C19H35BN2O3Si. The molecule has 1 saturated carbocycles. The Balaban J connectivity index is 1.69. The summed E-state index contributed by atoms with van der Waals surface area (Å²) in [5, 5.41) is 4.79. The van der Waals surface area contributed by atoms with Crippen molar-refractivity contribution in [2.24, 2.45) is 5.92 Å². The molecule has 5 nitrogen and oxygen atoms in total. The number of hydrogen-bond donors (Lipinski definition) is 0. The van der Waals surface area contributed by atoms with Gasteiger partial charge in [-0.05, 0) is 64.5 Å². The Hall–Kier alpha value is -0.628. The lowest BCUT2D eigenvalue weighted by Crippen LogP contribution is -2.41. The fourth-order valence-electron chi connectivity index (χ4n) is 3.02. The summed E-state index contributed by atoms with van der Waals surface area (Å²) in [5.41, 5.74) is 1.50. The first-order chi connectivity index (χ1) is 12.0. The second kappa shape index (κ2) is 7.08. The largest absolute Gasteiger partial charge is 0.516 e. The molecule has 0 unspecified atom stereocenters. The highest BCUT2D eigenvalue weighted by Crippen LogP contribution is 2.37. The molecule has 146 valence electrons. The molecule has 1 aliphatic carbocycles. The number of ether oxygens (including phenoxy) is 1. The molecule has 0 amide bonds. The van der Waals surface area contributed by atoms with E-state index >= 15 is 0 Å². The average Bonchev–Trinajstić information content (AvgIpc) is 3.15. The summed E-state index contributed by atoms with van der Waals surface area (Å²) in [6.45, 7) is 16.8. The van der Waals surface area contributed by atoms with Gasteiger partial charge in [-0.1, -0.05) is 19.6 Å². The third-order valence-corrected chi connectivity index (χ3v) is 7.48. The minimum atomic E-state index is -1.06. The van der Waals surface area contributed by atoms with E-state index in [0.717, 1.165) is 24.5 Å². The third-order valence-electron chi connectivity index (χ3n) is 5.77. The van der Waals surface area contributed by atoms with Crippen LogP contribution in [0, 0.1) is 5.92 Å². The van der Waals surface area contributed by atoms with Crippen LogP contribution in [0.2, 0.25) is 25.7 Å². The Morgan fingerprint density at radius 2 is 1.81 bits per heavy atom. The van der Waals surface area contributed by atoms with Gasteiger partial charge in [-0.15, -0.1) is 0 Å². The highest BCUT2D eigenvalue weighted by atomic mass is 28.3. The van der Waals surface area contributed by atoms with Gasteiger partial charge in [0.05, 0.1) is 16.8 Å². The van der Waals surface area contributed by atoms with E-state index in [2.05, 4.69) is 53.5 Å². The monoisotopic (exact) mass is 378 g/mol. The first-order valence-corrected chi connectivity index (χ1v) is 13.7. The van der Waals surface area contributed by atoms with Gasteiger partial charge in [0.2, 0.25) is 0 Å².